The zero-order chi connectivity index (χ0) is 10.3. The lowest BCUT2D eigenvalue weighted by Crippen LogP contribution is -2.29. The molecule has 0 aromatic heterocycles. The molecule has 2 heteroatoms. The van der Waals surface area contributed by atoms with Crippen LogP contribution in [0.5, 0.6) is 0 Å². The summed E-state index contributed by atoms with van der Waals surface area (Å²) in [5.41, 5.74) is 0. The van der Waals surface area contributed by atoms with Crippen LogP contribution in [0, 0.1) is 23.2 Å². The standard InChI is InChI=1S/C11H22N2/c1-5-13(7-6-10(2)3)9-11(4)8-12/h10-11H,5-7,9H2,1-4H3. The molecule has 0 N–H and O–H groups in total. The fourth-order valence-electron chi connectivity index (χ4n) is 1.25. The Bertz CT molecular complexity index is 158. The minimum absolute atomic E-state index is 0.159. The minimum Gasteiger partial charge on any atom is -0.302 e. The quantitative estimate of drug-likeness (QED) is 0.631. The molecule has 1 atom stereocenters. The summed E-state index contributed by atoms with van der Waals surface area (Å²) in [4.78, 5) is 2.36. The molecule has 0 rings (SSSR count). The van der Waals surface area contributed by atoms with Gasteiger partial charge in [-0.15, -0.1) is 0 Å². The Balaban J connectivity index is 3.70. The van der Waals surface area contributed by atoms with Crippen molar-refractivity contribution >= 4 is 0 Å². The Morgan fingerprint density at radius 2 is 1.92 bits per heavy atom. The summed E-state index contributed by atoms with van der Waals surface area (Å²) in [5.74, 6) is 0.915. The van der Waals surface area contributed by atoms with Crippen molar-refractivity contribution in [2.45, 2.75) is 34.1 Å². The summed E-state index contributed by atoms with van der Waals surface area (Å²) in [6, 6.07) is 2.28. The highest BCUT2D eigenvalue weighted by Crippen LogP contribution is 2.04. The van der Waals surface area contributed by atoms with Gasteiger partial charge in [0.05, 0.1) is 12.0 Å². The second-order valence-corrected chi connectivity index (χ2v) is 4.11. The maximum Gasteiger partial charge on any atom is 0.0666 e. The summed E-state index contributed by atoms with van der Waals surface area (Å²) >= 11 is 0. The maximum atomic E-state index is 8.68. The molecular formula is C11H22N2. The van der Waals surface area contributed by atoms with Crippen LogP contribution in [-0.4, -0.2) is 24.5 Å². The van der Waals surface area contributed by atoms with Crippen LogP contribution in [0.3, 0.4) is 0 Å². The first-order chi connectivity index (χ1) is 6.10. The second kappa shape index (κ2) is 6.91. The third-order valence-corrected chi connectivity index (χ3v) is 2.22. The number of nitrogens with zero attached hydrogens (tertiary/aromatic N) is 2. The first-order valence-electron chi connectivity index (χ1n) is 5.22. The van der Waals surface area contributed by atoms with E-state index in [1.807, 2.05) is 6.92 Å². The Morgan fingerprint density at radius 1 is 1.31 bits per heavy atom. The van der Waals surface area contributed by atoms with Crippen LogP contribution in [0.4, 0.5) is 0 Å². The monoisotopic (exact) mass is 182 g/mol. The van der Waals surface area contributed by atoms with Gasteiger partial charge in [0.2, 0.25) is 0 Å². The van der Waals surface area contributed by atoms with E-state index < -0.39 is 0 Å². The van der Waals surface area contributed by atoms with E-state index in [1.54, 1.807) is 0 Å². The Kier molecular flexibility index (Phi) is 6.62. The number of nitriles is 1. The lowest BCUT2D eigenvalue weighted by molar-refractivity contribution is 0.253. The highest BCUT2D eigenvalue weighted by molar-refractivity contribution is 4.81. The van der Waals surface area contributed by atoms with Crippen molar-refractivity contribution in [3.05, 3.63) is 0 Å². The van der Waals surface area contributed by atoms with Crippen molar-refractivity contribution < 1.29 is 0 Å². The van der Waals surface area contributed by atoms with Gasteiger partial charge in [0.1, 0.15) is 0 Å². The van der Waals surface area contributed by atoms with Gasteiger partial charge in [0, 0.05) is 6.54 Å². The third-order valence-electron chi connectivity index (χ3n) is 2.22. The van der Waals surface area contributed by atoms with Gasteiger partial charge in [-0.1, -0.05) is 20.8 Å². The Morgan fingerprint density at radius 3 is 2.31 bits per heavy atom. The highest BCUT2D eigenvalue weighted by Gasteiger charge is 2.07. The average Bonchev–Trinajstić information content (AvgIpc) is 2.11. The van der Waals surface area contributed by atoms with E-state index in [0.29, 0.717) is 0 Å². The molecule has 0 aliphatic rings. The van der Waals surface area contributed by atoms with E-state index in [9.17, 15) is 0 Å². The van der Waals surface area contributed by atoms with Gasteiger partial charge in [-0.25, -0.2) is 0 Å². The molecule has 0 amide bonds. The maximum absolute atomic E-state index is 8.68. The summed E-state index contributed by atoms with van der Waals surface area (Å²) in [7, 11) is 0. The zero-order valence-corrected chi connectivity index (χ0v) is 9.38. The van der Waals surface area contributed by atoms with Gasteiger partial charge in [0.15, 0.2) is 0 Å². The molecule has 0 saturated heterocycles. The SMILES string of the molecule is CCN(CCC(C)C)CC(C)C#N. The van der Waals surface area contributed by atoms with E-state index in [2.05, 4.69) is 31.7 Å². The van der Waals surface area contributed by atoms with Crippen LogP contribution >= 0.6 is 0 Å². The van der Waals surface area contributed by atoms with E-state index in [1.165, 1.54) is 6.42 Å². The molecule has 0 aliphatic heterocycles. The molecule has 0 radical (unpaired) electrons. The fraction of sp³-hybridized carbons (Fsp3) is 0.909. The minimum atomic E-state index is 0.159. The lowest BCUT2D eigenvalue weighted by Gasteiger charge is -2.22. The summed E-state index contributed by atoms with van der Waals surface area (Å²) in [6.07, 6.45) is 1.23. The number of hydrogen-bond donors (Lipinski definition) is 0. The normalized spacial score (nSPS) is 13.3. The summed E-state index contributed by atoms with van der Waals surface area (Å²) in [6.45, 7) is 11.7. The van der Waals surface area contributed by atoms with Gasteiger partial charge < -0.3 is 4.90 Å². The van der Waals surface area contributed by atoms with Gasteiger partial charge in [-0.2, -0.15) is 5.26 Å². The number of rotatable bonds is 6. The Hall–Kier alpha value is -0.550. The van der Waals surface area contributed by atoms with Crippen molar-refractivity contribution in [3.8, 4) is 6.07 Å². The lowest BCUT2D eigenvalue weighted by atomic mass is 10.1. The molecule has 76 valence electrons. The van der Waals surface area contributed by atoms with Crippen molar-refractivity contribution in [1.82, 2.24) is 4.90 Å². The summed E-state index contributed by atoms with van der Waals surface area (Å²) < 4.78 is 0. The molecule has 0 aromatic rings. The average molecular weight is 182 g/mol. The highest BCUT2D eigenvalue weighted by atomic mass is 15.1. The van der Waals surface area contributed by atoms with Crippen molar-refractivity contribution in [1.29, 1.82) is 5.26 Å². The predicted molar refractivity (Wildman–Crippen MR) is 56.3 cm³/mol. The molecule has 2 nitrogen and oxygen atoms in total. The van der Waals surface area contributed by atoms with Gasteiger partial charge in [-0.05, 0) is 32.4 Å². The zero-order valence-electron chi connectivity index (χ0n) is 9.38. The van der Waals surface area contributed by atoms with Crippen molar-refractivity contribution in [2.75, 3.05) is 19.6 Å². The molecule has 0 aliphatic carbocycles. The van der Waals surface area contributed by atoms with E-state index in [-0.39, 0.29) is 5.92 Å². The fourth-order valence-corrected chi connectivity index (χ4v) is 1.25. The van der Waals surface area contributed by atoms with E-state index in [0.717, 1.165) is 25.6 Å². The molecule has 0 spiro atoms. The van der Waals surface area contributed by atoms with Crippen LogP contribution in [-0.2, 0) is 0 Å². The van der Waals surface area contributed by atoms with Crippen LogP contribution in [0.15, 0.2) is 0 Å². The third kappa shape index (κ3) is 6.60. The molecule has 0 saturated carbocycles. The van der Waals surface area contributed by atoms with Crippen LogP contribution in [0.2, 0.25) is 0 Å². The van der Waals surface area contributed by atoms with Gasteiger partial charge in [0.25, 0.3) is 0 Å². The first-order valence-corrected chi connectivity index (χ1v) is 5.22. The second-order valence-electron chi connectivity index (χ2n) is 4.11. The first kappa shape index (κ1) is 12.4. The van der Waals surface area contributed by atoms with Crippen LogP contribution < -0.4 is 0 Å². The molecule has 0 bridgehead atoms. The Labute approximate surface area is 82.5 Å². The smallest absolute Gasteiger partial charge is 0.0666 e. The molecular weight excluding hydrogens is 160 g/mol. The van der Waals surface area contributed by atoms with Gasteiger partial charge in [-0.3, -0.25) is 0 Å². The molecule has 1 unspecified atom stereocenters. The molecule has 0 heterocycles. The topological polar surface area (TPSA) is 27.0 Å². The summed E-state index contributed by atoms with van der Waals surface area (Å²) in [5, 5.41) is 8.68. The van der Waals surface area contributed by atoms with E-state index in [4.69, 9.17) is 5.26 Å². The van der Waals surface area contributed by atoms with Crippen LogP contribution in [0.25, 0.3) is 0 Å². The predicted octanol–water partition coefficient (Wildman–Crippen LogP) is 2.51. The van der Waals surface area contributed by atoms with E-state index >= 15 is 0 Å². The number of hydrogen-bond acceptors (Lipinski definition) is 2. The molecule has 0 aromatic carbocycles. The largest absolute Gasteiger partial charge is 0.302 e. The van der Waals surface area contributed by atoms with Gasteiger partial charge >= 0.3 is 0 Å². The van der Waals surface area contributed by atoms with Crippen LogP contribution in [0.1, 0.15) is 34.1 Å². The molecule has 13 heavy (non-hydrogen) atoms. The van der Waals surface area contributed by atoms with Crippen molar-refractivity contribution in [3.63, 3.8) is 0 Å². The molecule has 0 fully saturated rings. The van der Waals surface area contributed by atoms with Crippen molar-refractivity contribution in [2.24, 2.45) is 11.8 Å².